The summed E-state index contributed by atoms with van der Waals surface area (Å²) in [6.07, 6.45) is 3.11. The average molecular weight is 296 g/mol. The van der Waals surface area contributed by atoms with Crippen LogP contribution in [0.15, 0.2) is 33.9 Å². The van der Waals surface area contributed by atoms with Gasteiger partial charge in [0, 0.05) is 12.4 Å². The Labute approximate surface area is 121 Å². The van der Waals surface area contributed by atoms with Gasteiger partial charge in [-0.05, 0) is 24.5 Å². The van der Waals surface area contributed by atoms with Crippen molar-refractivity contribution >= 4 is 11.8 Å². The van der Waals surface area contributed by atoms with Gasteiger partial charge in [-0.3, -0.25) is 0 Å². The molecule has 0 unspecified atom stereocenters. The van der Waals surface area contributed by atoms with Crippen molar-refractivity contribution in [3.05, 3.63) is 41.5 Å². The van der Waals surface area contributed by atoms with Crippen molar-refractivity contribution in [3.63, 3.8) is 0 Å². The Morgan fingerprint density at radius 1 is 1.15 bits per heavy atom. The lowest BCUT2D eigenvalue weighted by molar-refractivity contribution is 0.284. The summed E-state index contributed by atoms with van der Waals surface area (Å²) < 4.78 is 19.0. The Balaban J connectivity index is 1.82. The highest BCUT2D eigenvalue weighted by Crippen LogP contribution is 2.20. The van der Waals surface area contributed by atoms with Crippen LogP contribution >= 0.6 is 11.8 Å². The number of thioether (sulfide) groups is 1. The number of aliphatic hydroxyl groups is 1. The topological polar surface area (TPSA) is 59.2 Å². The van der Waals surface area contributed by atoms with Gasteiger partial charge in [0.1, 0.15) is 5.82 Å². The molecule has 6 heteroatoms. The van der Waals surface area contributed by atoms with E-state index in [0.717, 1.165) is 25.0 Å². The van der Waals surface area contributed by atoms with Gasteiger partial charge in [-0.2, -0.15) is 0 Å². The molecule has 0 fully saturated rings. The minimum Gasteiger partial charge on any atom is -0.416 e. The van der Waals surface area contributed by atoms with E-state index in [9.17, 15) is 4.39 Å². The van der Waals surface area contributed by atoms with E-state index in [4.69, 9.17) is 9.52 Å². The van der Waals surface area contributed by atoms with Crippen LogP contribution in [0.2, 0.25) is 0 Å². The summed E-state index contributed by atoms with van der Waals surface area (Å²) in [5.74, 6) is 1.04. The molecule has 1 N–H and O–H groups in total. The van der Waals surface area contributed by atoms with Crippen LogP contribution in [-0.4, -0.2) is 27.7 Å². The van der Waals surface area contributed by atoms with Gasteiger partial charge < -0.3 is 9.52 Å². The smallest absolute Gasteiger partial charge is 0.276 e. The number of benzene rings is 1. The highest BCUT2D eigenvalue weighted by molar-refractivity contribution is 7.99. The monoisotopic (exact) mass is 296 g/mol. The fourth-order valence-electron chi connectivity index (χ4n) is 1.72. The number of nitrogens with zero attached hydrogens (tertiary/aromatic N) is 2. The van der Waals surface area contributed by atoms with Crippen LogP contribution in [0, 0.1) is 5.82 Å². The van der Waals surface area contributed by atoms with Gasteiger partial charge in [0.2, 0.25) is 5.89 Å². The fraction of sp³-hybridized carbons (Fsp3) is 0.429. The second-order valence-electron chi connectivity index (χ2n) is 4.36. The molecule has 1 aromatic carbocycles. The van der Waals surface area contributed by atoms with Crippen LogP contribution in [0.3, 0.4) is 0 Å². The Morgan fingerprint density at radius 2 is 2.00 bits per heavy atom. The van der Waals surface area contributed by atoms with Crippen LogP contribution in [0.1, 0.15) is 30.7 Å². The van der Waals surface area contributed by atoms with Gasteiger partial charge in [-0.25, -0.2) is 4.39 Å². The van der Waals surface area contributed by atoms with Crippen molar-refractivity contribution in [2.75, 3.05) is 12.4 Å². The first-order valence-corrected chi connectivity index (χ1v) is 7.57. The van der Waals surface area contributed by atoms with Crippen molar-refractivity contribution < 1.29 is 13.9 Å². The van der Waals surface area contributed by atoms with Crippen molar-refractivity contribution in [3.8, 4) is 0 Å². The number of aliphatic hydroxyl groups excluding tert-OH is 1. The van der Waals surface area contributed by atoms with Crippen molar-refractivity contribution in [2.45, 2.75) is 30.9 Å². The SMILES string of the molecule is OCCCCCSc1nnc(Cc2ccccc2F)o1. The lowest BCUT2D eigenvalue weighted by atomic mass is 10.1. The maximum atomic E-state index is 13.5. The number of hydrogen-bond acceptors (Lipinski definition) is 5. The highest BCUT2D eigenvalue weighted by atomic mass is 32.2. The summed E-state index contributed by atoms with van der Waals surface area (Å²) in [6.45, 7) is 0.234. The summed E-state index contributed by atoms with van der Waals surface area (Å²) in [5, 5.41) is 17.0. The highest BCUT2D eigenvalue weighted by Gasteiger charge is 2.09. The van der Waals surface area contributed by atoms with Gasteiger partial charge in [0.25, 0.3) is 5.22 Å². The predicted molar refractivity (Wildman–Crippen MR) is 75.2 cm³/mol. The van der Waals surface area contributed by atoms with E-state index in [-0.39, 0.29) is 12.4 Å². The molecule has 0 radical (unpaired) electrons. The number of halogens is 1. The molecule has 0 amide bonds. The van der Waals surface area contributed by atoms with E-state index in [0.29, 0.717) is 23.1 Å². The first-order chi connectivity index (χ1) is 9.79. The van der Waals surface area contributed by atoms with Gasteiger partial charge >= 0.3 is 0 Å². The van der Waals surface area contributed by atoms with E-state index in [1.54, 1.807) is 18.2 Å². The number of rotatable bonds is 8. The molecule has 4 nitrogen and oxygen atoms in total. The zero-order valence-corrected chi connectivity index (χ0v) is 11.9. The van der Waals surface area contributed by atoms with Crippen LogP contribution in [0.25, 0.3) is 0 Å². The molecule has 0 aliphatic heterocycles. The van der Waals surface area contributed by atoms with Gasteiger partial charge in [-0.15, -0.1) is 10.2 Å². The number of aromatic nitrogens is 2. The van der Waals surface area contributed by atoms with E-state index in [2.05, 4.69) is 10.2 Å². The summed E-state index contributed by atoms with van der Waals surface area (Å²) >= 11 is 1.49. The first-order valence-electron chi connectivity index (χ1n) is 6.59. The lowest BCUT2D eigenvalue weighted by Crippen LogP contribution is -1.92. The maximum Gasteiger partial charge on any atom is 0.276 e. The van der Waals surface area contributed by atoms with Gasteiger partial charge in [-0.1, -0.05) is 36.4 Å². The molecule has 0 saturated heterocycles. The Morgan fingerprint density at radius 3 is 2.80 bits per heavy atom. The second-order valence-corrected chi connectivity index (χ2v) is 5.41. The number of unbranched alkanes of at least 4 members (excludes halogenated alkanes) is 2. The normalized spacial score (nSPS) is 10.9. The maximum absolute atomic E-state index is 13.5. The van der Waals surface area contributed by atoms with Gasteiger partial charge in [0.15, 0.2) is 0 Å². The van der Waals surface area contributed by atoms with E-state index in [1.165, 1.54) is 17.8 Å². The van der Waals surface area contributed by atoms with E-state index in [1.807, 2.05) is 0 Å². The Hall–Kier alpha value is -1.40. The minimum atomic E-state index is -0.260. The number of hydrogen-bond donors (Lipinski definition) is 1. The molecule has 1 heterocycles. The van der Waals surface area contributed by atoms with Crippen molar-refractivity contribution in [1.29, 1.82) is 0 Å². The third-order valence-corrected chi connectivity index (χ3v) is 3.68. The zero-order valence-electron chi connectivity index (χ0n) is 11.1. The Bertz CT molecular complexity index is 533. The lowest BCUT2D eigenvalue weighted by Gasteiger charge is -1.98. The van der Waals surface area contributed by atoms with E-state index < -0.39 is 0 Å². The molecule has 2 rings (SSSR count). The zero-order chi connectivity index (χ0) is 14.2. The molecule has 0 bridgehead atoms. The van der Waals surface area contributed by atoms with Crippen LogP contribution in [-0.2, 0) is 6.42 Å². The molecule has 0 spiro atoms. The quantitative estimate of drug-likeness (QED) is 0.599. The molecular formula is C14H17FN2O2S. The average Bonchev–Trinajstić information content (AvgIpc) is 2.89. The molecule has 0 aliphatic carbocycles. The Kier molecular flexibility index (Phi) is 6.01. The second kappa shape index (κ2) is 8.01. The molecular weight excluding hydrogens is 279 g/mol. The molecule has 1 aromatic heterocycles. The van der Waals surface area contributed by atoms with Gasteiger partial charge in [0.05, 0.1) is 6.42 Å². The molecule has 2 aromatic rings. The first kappa shape index (κ1) is 15.0. The summed E-state index contributed by atoms with van der Waals surface area (Å²) in [4.78, 5) is 0. The van der Waals surface area contributed by atoms with Crippen LogP contribution in [0.4, 0.5) is 4.39 Å². The molecule has 108 valence electrons. The molecule has 20 heavy (non-hydrogen) atoms. The fourth-order valence-corrected chi connectivity index (χ4v) is 2.50. The van der Waals surface area contributed by atoms with Crippen molar-refractivity contribution in [1.82, 2.24) is 10.2 Å². The standard InChI is InChI=1S/C14H17FN2O2S/c15-12-7-3-2-6-11(12)10-13-16-17-14(19-13)20-9-5-1-4-8-18/h2-3,6-7,18H,1,4-5,8-10H2. The minimum absolute atomic E-state index is 0.234. The molecule has 0 aliphatic rings. The van der Waals surface area contributed by atoms with Crippen LogP contribution in [0.5, 0.6) is 0 Å². The molecule has 0 saturated carbocycles. The molecule has 0 atom stereocenters. The third kappa shape index (κ3) is 4.61. The third-order valence-electron chi connectivity index (χ3n) is 2.78. The largest absolute Gasteiger partial charge is 0.416 e. The predicted octanol–water partition coefficient (Wildman–Crippen LogP) is 3.05. The summed E-state index contributed by atoms with van der Waals surface area (Å²) in [7, 11) is 0. The van der Waals surface area contributed by atoms with E-state index >= 15 is 0 Å². The van der Waals surface area contributed by atoms with Crippen molar-refractivity contribution in [2.24, 2.45) is 0 Å². The van der Waals surface area contributed by atoms with Crippen LogP contribution < -0.4 is 0 Å². The summed E-state index contributed by atoms with van der Waals surface area (Å²) in [5.41, 5.74) is 0.552. The summed E-state index contributed by atoms with van der Waals surface area (Å²) in [6, 6.07) is 6.57.